The van der Waals surface area contributed by atoms with Crippen LogP contribution in [0.25, 0.3) is 6.08 Å². The largest absolute Gasteiger partial charge is 0.573 e. The quantitative estimate of drug-likeness (QED) is 0.501. The van der Waals surface area contributed by atoms with Gasteiger partial charge in [-0.15, -0.1) is 13.2 Å². The fourth-order valence-corrected chi connectivity index (χ4v) is 6.41. The van der Waals surface area contributed by atoms with Gasteiger partial charge in [0.25, 0.3) is 5.91 Å². The summed E-state index contributed by atoms with van der Waals surface area (Å²) in [5, 5.41) is 3.67. The summed E-state index contributed by atoms with van der Waals surface area (Å²) in [5.41, 5.74) is 1.33. The minimum Gasteiger partial charge on any atom is -0.406 e. The van der Waals surface area contributed by atoms with Crippen LogP contribution in [0.5, 0.6) is 5.75 Å². The molecule has 0 unspecified atom stereocenters. The number of nitrogens with one attached hydrogen (secondary N) is 2. The summed E-state index contributed by atoms with van der Waals surface area (Å²) < 4.78 is 94.5. The van der Waals surface area contributed by atoms with Crippen molar-refractivity contribution >= 4 is 43.6 Å². The molecule has 0 aliphatic carbocycles. The number of carbonyl (C=O) groups excluding carboxylic acids is 1. The van der Waals surface area contributed by atoms with Crippen molar-refractivity contribution in [3.8, 4) is 5.75 Å². The molecule has 1 spiro atoms. The van der Waals surface area contributed by atoms with Gasteiger partial charge >= 0.3 is 6.36 Å². The second kappa shape index (κ2) is 10.5. The molecule has 0 saturated carbocycles. The molecule has 2 heterocycles. The number of amides is 1. The molecule has 2 aliphatic heterocycles. The zero-order chi connectivity index (χ0) is 29.5. The molecule has 40 heavy (non-hydrogen) atoms. The van der Waals surface area contributed by atoms with Gasteiger partial charge in [-0.1, -0.05) is 12.1 Å². The van der Waals surface area contributed by atoms with Crippen LogP contribution in [-0.4, -0.2) is 64.1 Å². The maximum absolute atomic E-state index is 13.1. The Morgan fingerprint density at radius 3 is 2.27 bits per heavy atom. The van der Waals surface area contributed by atoms with E-state index >= 15 is 0 Å². The SMILES string of the molecule is Cc1cc(NS(C)(=O)=O)cc(C)c1/C=C/S(=O)(=O)N1CCC2(CC1)N=C(c1cccc(OC(F)(F)F)c1)NC2=O. The highest BCUT2D eigenvalue weighted by Crippen LogP contribution is 2.33. The number of hydrogen-bond donors (Lipinski definition) is 2. The van der Waals surface area contributed by atoms with Crippen LogP contribution in [0.3, 0.4) is 0 Å². The lowest BCUT2D eigenvalue weighted by molar-refractivity contribution is -0.274. The van der Waals surface area contributed by atoms with Crippen LogP contribution in [0.15, 0.2) is 46.8 Å². The number of rotatable bonds is 7. The number of anilines is 1. The van der Waals surface area contributed by atoms with Crippen LogP contribution in [0.2, 0.25) is 0 Å². The van der Waals surface area contributed by atoms with Crippen LogP contribution in [-0.2, 0) is 24.8 Å². The fraction of sp³-hybridized carbons (Fsp3) is 0.360. The summed E-state index contributed by atoms with van der Waals surface area (Å²) in [7, 11) is -7.34. The molecule has 0 atom stereocenters. The smallest absolute Gasteiger partial charge is 0.406 e. The molecule has 2 aliphatic rings. The third-order valence-corrected chi connectivity index (χ3v) is 8.71. The maximum atomic E-state index is 13.1. The predicted octanol–water partition coefficient (Wildman–Crippen LogP) is 3.29. The van der Waals surface area contributed by atoms with Crippen molar-refractivity contribution in [3.63, 3.8) is 0 Å². The van der Waals surface area contributed by atoms with E-state index in [-0.39, 0.29) is 37.3 Å². The second-order valence-electron chi connectivity index (χ2n) is 9.67. The molecule has 2 aromatic rings. The Kier molecular flexibility index (Phi) is 7.77. The van der Waals surface area contributed by atoms with Crippen molar-refractivity contribution in [3.05, 3.63) is 64.1 Å². The zero-order valence-corrected chi connectivity index (χ0v) is 23.4. The summed E-state index contributed by atoms with van der Waals surface area (Å²) >= 11 is 0. The molecule has 0 radical (unpaired) electrons. The first-order valence-electron chi connectivity index (χ1n) is 12.0. The number of aliphatic imine (C=N–C) groups is 1. The van der Waals surface area contributed by atoms with Gasteiger partial charge in [-0.3, -0.25) is 14.5 Å². The molecule has 1 saturated heterocycles. The topological polar surface area (TPSA) is 134 Å². The molecule has 0 bridgehead atoms. The highest BCUT2D eigenvalue weighted by atomic mass is 32.2. The van der Waals surface area contributed by atoms with Gasteiger partial charge in [0, 0.05) is 29.7 Å². The van der Waals surface area contributed by atoms with Crippen molar-refractivity contribution in [2.75, 3.05) is 24.1 Å². The number of hydrogen-bond acceptors (Lipinski definition) is 7. The molecule has 10 nitrogen and oxygen atoms in total. The van der Waals surface area contributed by atoms with E-state index in [4.69, 9.17) is 0 Å². The van der Waals surface area contributed by atoms with Gasteiger partial charge in [0.15, 0.2) is 0 Å². The van der Waals surface area contributed by atoms with Crippen LogP contribution >= 0.6 is 0 Å². The van der Waals surface area contributed by atoms with Gasteiger partial charge in [0.1, 0.15) is 17.1 Å². The molecule has 4 rings (SSSR count). The van der Waals surface area contributed by atoms with Crippen molar-refractivity contribution in [1.29, 1.82) is 0 Å². The zero-order valence-electron chi connectivity index (χ0n) is 21.7. The Balaban J connectivity index is 1.47. The molecular formula is C25H27F3N4O6S2. The highest BCUT2D eigenvalue weighted by molar-refractivity contribution is 7.92. The predicted molar refractivity (Wildman–Crippen MR) is 144 cm³/mol. The van der Waals surface area contributed by atoms with Gasteiger partial charge < -0.3 is 10.1 Å². The number of benzene rings is 2. The number of carbonyl (C=O) groups is 1. The van der Waals surface area contributed by atoms with Crippen molar-refractivity contribution in [1.82, 2.24) is 9.62 Å². The van der Waals surface area contributed by atoms with Gasteiger partial charge in [-0.05, 0) is 73.7 Å². The first-order chi connectivity index (χ1) is 18.5. The number of ether oxygens (including phenoxy) is 1. The molecule has 1 amide bonds. The minimum atomic E-state index is -4.87. The van der Waals surface area contributed by atoms with E-state index in [1.54, 1.807) is 26.0 Å². The lowest BCUT2D eigenvalue weighted by Crippen LogP contribution is -2.50. The third kappa shape index (κ3) is 6.82. The van der Waals surface area contributed by atoms with Crippen LogP contribution in [0, 0.1) is 13.8 Å². The fourth-order valence-electron chi connectivity index (χ4n) is 4.69. The Labute approximate surface area is 230 Å². The molecule has 1 fully saturated rings. The molecule has 216 valence electrons. The van der Waals surface area contributed by atoms with Crippen LogP contribution in [0.4, 0.5) is 18.9 Å². The van der Waals surface area contributed by atoms with Crippen LogP contribution < -0.4 is 14.8 Å². The molecule has 2 N–H and O–H groups in total. The van der Waals surface area contributed by atoms with E-state index in [9.17, 15) is 34.8 Å². The first-order valence-corrected chi connectivity index (χ1v) is 15.4. The number of halogens is 3. The van der Waals surface area contributed by atoms with E-state index in [0.29, 0.717) is 22.4 Å². The minimum absolute atomic E-state index is 0.00325. The Bertz CT molecular complexity index is 1590. The average Bonchev–Trinajstić information content (AvgIpc) is 3.12. The molecular weight excluding hydrogens is 573 g/mol. The lowest BCUT2D eigenvalue weighted by atomic mass is 9.89. The van der Waals surface area contributed by atoms with Crippen molar-refractivity contribution < 1.29 is 39.5 Å². The van der Waals surface area contributed by atoms with E-state index in [1.165, 1.54) is 22.5 Å². The van der Waals surface area contributed by atoms with Gasteiger partial charge in [0.05, 0.1) is 6.26 Å². The highest BCUT2D eigenvalue weighted by Gasteiger charge is 2.47. The summed E-state index contributed by atoms with van der Waals surface area (Å²) in [5.74, 6) is -0.817. The summed E-state index contributed by atoms with van der Waals surface area (Å²) in [6, 6.07) is 8.28. The second-order valence-corrected chi connectivity index (χ2v) is 13.2. The number of piperidine rings is 1. The lowest BCUT2D eigenvalue weighted by Gasteiger charge is -2.34. The van der Waals surface area contributed by atoms with Crippen LogP contribution in [0.1, 0.15) is 35.1 Å². The number of alkyl halides is 3. The molecule has 2 aromatic carbocycles. The van der Waals surface area contributed by atoms with E-state index < -0.39 is 43.6 Å². The van der Waals surface area contributed by atoms with Gasteiger partial charge in [-0.25, -0.2) is 16.8 Å². The molecule has 15 heteroatoms. The summed E-state index contributed by atoms with van der Waals surface area (Å²) in [6.07, 6.45) is -2.23. The number of amidine groups is 1. The maximum Gasteiger partial charge on any atom is 0.573 e. The third-order valence-electron chi connectivity index (χ3n) is 6.53. The Morgan fingerprint density at radius 2 is 1.70 bits per heavy atom. The van der Waals surface area contributed by atoms with Gasteiger partial charge in [-0.2, -0.15) is 4.31 Å². The molecule has 0 aromatic heterocycles. The van der Waals surface area contributed by atoms with E-state index in [2.05, 4.69) is 19.8 Å². The monoisotopic (exact) mass is 600 g/mol. The first kappa shape index (κ1) is 29.6. The van der Waals surface area contributed by atoms with Crippen molar-refractivity contribution in [2.45, 2.75) is 38.6 Å². The van der Waals surface area contributed by atoms with Gasteiger partial charge in [0.2, 0.25) is 20.0 Å². The standard InChI is InChI=1S/C25H27F3N4O6S2/c1-16-13-19(31-39(3,34)35)14-17(2)21(16)7-12-40(36,37)32-10-8-24(9-11-32)23(33)29-22(30-24)18-5-4-6-20(15-18)38-25(26,27)28/h4-7,12-15,31H,8-11H2,1-3H3,(H,29,30,33)/b12-7+. The van der Waals surface area contributed by atoms with Crippen molar-refractivity contribution in [2.24, 2.45) is 4.99 Å². The number of nitrogens with zero attached hydrogens (tertiary/aromatic N) is 2. The summed E-state index contributed by atoms with van der Waals surface area (Å²) in [6.45, 7) is 3.47. The Morgan fingerprint density at radius 1 is 1.07 bits per heavy atom. The Hall–Kier alpha value is -3.43. The average molecular weight is 601 g/mol. The van der Waals surface area contributed by atoms with E-state index in [0.717, 1.165) is 23.8 Å². The van der Waals surface area contributed by atoms with E-state index in [1.807, 2.05) is 0 Å². The number of aryl methyl sites for hydroxylation is 2. The summed E-state index contributed by atoms with van der Waals surface area (Å²) in [4.78, 5) is 17.3. The normalized spacial score (nSPS) is 18.1. The number of sulfonamides is 2.